The highest BCUT2D eigenvalue weighted by Gasteiger charge is 2.16. The summed E-state index contributed by atoms with van der Waals surface area (Å²) in [7, 11) is -1.86. The van der Waals surface area contributed by atoms with E-state index in [1.807, 2.05) is 24.4 Å². The molecule has 0 radical (unpaired) electrons. The molecule has 2 aromatic rings. The summed E-state index contributed by atoms with van der Waals surface area (Å²) in [6.07, 6.45) is 0.560. The summed E-state index contributed by atoms with van der Waals surface area (Å²) >= 11 is 1.52. The summed E-state index contributed by atoms with van der Waals surface area (Å²) in [4.78, 5) is 4.72. The van der Waals surface area contributed by atoms with Crippen LogP contribution in [0.3, 0.4) is 0 Å². The Bertz CT molecular complexity index is 739. The summed E-state index contributed by atoms with van der Waals surface area (Å²) in [5, 5.41) is 2.83. The van der Waals surface area contributed by atoms with Gasteiger partial charge in [0.05, 0.1) is 17.2 Å². The number of rotatable bonds is 7. The maximum Gasteiger partial charge on any atom is 0.240 e. The van der Waals surface area contributed by atoms with E-state index in [-0.39, 0.29) is 0 Å². The van der Waals surface area contributed by atoms with Gasteiger partial charge in [-0.15, -0.1) is 11.3 Å². The third-order valence-corrected chi connectivity index (χ3v) is 5.65. The van der Waals surface area contributed by atoms with Crippen LogP contribution in [-0.4, -0.2) is 27.1 Å². The van der Waals surface area contributed by atoms with Crippen molar-refractivity contribution in [3.8, 4) is 0 Å². The molecule has 2 rings (SSSR count). The Kier molecular flexibility index (Phi) is 5.69. The predicted octanol–water partition coefficient (Wildman–Crippen LogP) is 2.43. The van der Waals surface area contributed by atoms with Gasteiger partial charge in [-0.2, -0.15) is 0 Å². The molecular weight excluding hydrogens is 320 g/mol. The van der Waals surface area contributed by atoms with Crippen LogP contribution in [0.1, 0.15) is 21.8 Å². The first-order chi connectivity index (χ1) is 10.4. The molecule has 22 heavy (non-hydrogen) atoms. The van der Waals surface area contributed by atoms with E-state index in [2.05, 4.69) is 9.71 Å². The van der Waals surface area contributed by atoms with Crippen LogP contribution in [0.5, 0.6) is 0 Å². The molecule has 5 nitrogen and oxygen atoms in total. The number of nitrogens with zero attached hydrogens (tertiary/aromatic N) is 1. The van der Waals surface area contributed by atoms with Gasteiger partial charge < -0.3 is 4.74 Å². The van der Waals surface area contributed by atoms with Crippen LogP contribution in [0.2, 0.25) is 0 Å². The molecule has 1 N–H and O–H groups in total. The van der Waals surface area contributed by atoms with Crippen molar-refractivity contribution < 1.29 is 13.2 Å². The summed E-state index contributed by atoms with van der Waals surface area (Å²) in [5.41, 5.74) is 2.55. The van der Waals surface area contributed by atoms with E-state index in [9.17, 15) is 8.42 Å². The van der Waals surface area contributed by atoms with E-state index < -0.39 is 10.0 Å². The van der Waals surface area contributed by atoms with Gasteiger partial charge in [-0.05, 0) is 31.0 Å². The number of sulfonamides is 1. The molecule has 0 aliphatic carbocycles. The fourth-order valence-electron chi connectivity index (χ4n) is 2.04. The smallest absolute Gasteiger partial charge is 0.240 e. The van der Waals surface area contributed by atoms with Crippen molar-refractivity contribution in [3.05, 3.63) is 45.4 Å². The first kappa shape index (κ1) is 17.1. The number of aryl methyl sites for hydroxylation is 2. The number of thiazole rings is 1. The van der Waals surface area contributed by atoms with E-state index in [0.717, 1.165) is 21.8 Å². The molecular formula is C15H20N2O3S2. The molecule has 0 saturated heterocycles. The highest BCUT2D eigenvalue weighted by molar-refractivity contribution is 7.89. The van der Waals surface area contributed by atoms with Gasteiger partial charge in [-0.1, -0.05) is 12.1 Å². The summed E-state index contributed by atoms with van der Waals surface area (Å²) in [6.45, 7) is 4.49. The summed E-state index contributed by atoms with van der Waals surface area (Å²) in [6, 6.07) is 5.42. The maximum atomic E-state index is 12.4. The minimum atomic E-state index is -3.49. The number of benzene rings is 1. The Labute approximate surface area is 135 Å². The molecule has 7 heteroatoms. The zero-order valence-electron chi connectivity index (χ0n) is 12.9. The van der Waals surface area contributed by atoms with Crippen molar-refractivity contribution in [3.63, 3.8) is 0 Å². The van der Waals surface area contributed by atoms with Gasteiger partial charge in [-0.3, -0.25) is 0 Å². The van der Waals surface area contributed by atoms with E-state index in [4.69, 9.17) is 4.74 Å². The van der Waals surface area contributed by atoms with Gasteiger partial charge in [0.1, 0.15) is 5.01 Å². The Hall–Kier alpha value is -1.28. The number of hydrogen-bond donors (Lipinski definition) is 1. The first-order valence-electron chi connectivity index (χ1n) is 6.91. The molecule has 0 unspecified atom stereocenters. The number of hydrogen-bond acceptors (Lipinski definition) is 5. The molecule has 1 aromatic heterocycles. The van der Waals surface area contributed by atoms with Gasteiger partial charge in [0, 0.05) is 25.5 Å². The van der Waals surface area contributed by atoms with Crippen molar-refractivity contribution in [1.29, 1.82) is 0 Å². The first-order valence-corrected chi connectivity index (χ1v) is 9.28. The fraction of sp³-hybridized carbons (Fsp3) is 0.400. The Morgan fingerprint density at radius 2 is 2.09 bits per heavy atom. The van der Waals surface area contributed by atoms with Crippen molar-refractivity contribution in [2.24, 2.45) is 0 Å². The standard InChI is InChI=1S/C15H20N2O3S2/c1-11-4-5-12(2)14(8-11)22(18,19)16-7-6-13-10-21-15(17-13)9-20-3/h4-5,8,10,16H,6-7,9H2,1-3H3. The van der Waals surface area contributed by atoms with Crippen LogP contribution in [-0.2, 0) is 27.8 Å². The van der Waals surface area contributed by atoms with Crippen molar-refractivity contribution in [1.82, 2.24) is 9.71 Å². The number of ether oxygens (including phenoxy) is 1. The molecule has 0 spiro atoms. The van der Waals surface area contributed by atoms with E-state index in [1.165, 1.54) is 11.3 Å². The number of nitrogens with one attached hydrogen (secondary N) is 1. The van der Waals surface area contributed by atoms with Gasteiger partial charge in [0.15, 0.2) is 0 Å². The average molecular weight is 340 g/mol. The quantitative estimate of drug-likeness (QED) is 0.840. The molecule has 0 saturated carbocycles. The molecule has 0 aliphatic heterocycles. The Morgan fingerprint density at radius 3 is 2.82 bits per heavy atom. The predicted molar refractivity (Wildman–Crippen MR) is 87.6 cm³/mol. The van der Waals surface area contributed by atoms with Crippen LogP contribution in [0, 0.1) is 13.8 Å². The highest BCUT2D eigenvalue weighted by Crippen LogP contribution is 2.16. The zero-order valence-corrected chi connectivity index (χ0v) is 14.6. The minimum absolute atomic E-state index is 0.325. The van der Waals surface area contributed by atoms with Gasteiger partial charge >= 0.3 is 0 Å². The largest absolute Gasteiger partial charge is 0.378 e. The van der Waals surface area contributed by atoms with Crippen molar-refractivity contribution >= 4 is 21.4 Å². The lowest BCUT2D eigenvalue weighted by Gasteiger charge is -2.09. The zero-order chi connectivity index (χ0) is 16.2. The summed E-state index contributed by atoms with van der Waals surface area (Å²) < 4.78 is 32.4. The van der Waals surface area contributed by atoms with E-state index in [0.29, 0.717) is 24.5 Å². The molecule has 1 aromatic carbocycles. The van der Waals surface area contributed by atoms with Crippen LogP contribution >= 0.6 is 11.3 Å². The van der Waals surface area contributed by atoms with E-state index in [1.54, 1.807) is 20.1 Å². The molecule has 120 valence electrons. The molecule has 0 aliphatic rings. The topological polar surface area (TPSA) is 68.3 Å². The second kappa shape index (κ2) is 7.32. The van der Waals surface area contributed by atoms with Crippen LogP contribution in [0.25, 0.3) is 0 Å². The summed E-state index contributed by atoms with van der Waals surface area (Å²) in [5.74, 6) is 0. The Morgan fingerprint density at radius 1 is 1.32 bits per heavy atom. The molecule has 0 atom stereocenters. The highest BCUT2D eigenvalue weighted by atomic mass is 32.2. The third-order valence-electron chi connectivity index (χ3n) is 3.17. The van der Waals surface area contributed by atoms with E-state index >= 15 is 0 Å². The van der Waals surface area contributed by atoms with Gasteiger partial charge in [0.25, 0.3) is 0 Å². The van der Waals surface area contributed by atoms with Gasteiger partial charge in [0.2, 0.25) is 10.0 Å². The minimum Gasteiger partial charge on any atom is -0.378 e. The average Bonchev–Trinajstić information content (AvgIpc) is 2.89. The van der Waals surface area contributed by atoms with Gasteiger partial charge in [-0.25, -0.2) is 18.1 Å². The maximum absolute atomic E-state index is 12.4. The molecule has 0 fully saturated rings. The second-order valence-corrected chi connectivity index (χ2v) is 7.76. The lowest BCUT2D eigenvalue weighted by Crippen LogP contribution is -2.26. The number of aromatic nitrogens is 1. The molecule has 0 amide bonds. The second-order valence-electron chi connectivity index (χ2n) is 5.08. The fourth-order valence-corrected chi connectivity index (χ4v) is 4.20. The number of methoxy groups -OCH3 is 1. The third kappa shape index (κ3) is 4.36. The van der Waals surface area contributed by atoms with Crippen molar-refractivity contribution in [2.75, 3.05) is 13.7 Å². The van der Waals surface area contributed by atoms with Crippen LogP contribution in [0.4, 0.5) is 0 Å². The van der Waals surface area contributed by atoms with Crippen LogP contribution in [0.15, 0.2) is 28.5 Å². The van der Waals surface area contributed by atoms with Crippen molar-refractivity contribution in [2.45, 2.75) is 31.8 Å². The lowest BCUT2D eigenvalue weighted by molar-refractivity contribution is 0.184. The van der Waals surface area contributed by atoms with Crippen LogP contribution < -0.4 is 4.72 Å². The monoisotopic (exact) mass is 340 g/mol. The SMILES string of the molecule is COCc1nc(CCNS(=O)(=O)c2cc(C)ccc2C)cs1. The normalized spacial score (nSPS) is 11.8. The Balaban J connectivity index is 1.99. The molecule has 1 heterocycles. The lowest BCUT2D eigenvalue weighted by atomic mass is 10.2. The molecule has 0 bridgehead atoms.